The molecule has 0 aliphatic carbocycles. The first-order chi connectivity index (χ1) is 13.8. The molecule has 3 rings (SSSR count). The van der Waals surface area contributed by atoms with Crippen molar-refractivity contribution < 1.29 is 23.5 Å². The number of carbonyl (C=O) groups excluding carboxylic acids is 3. The van der Waals surface area contributed by atoms with Crippen molar-refractivity contribution in [2.75, 3.05) is 6.54 Å². The highest BCUT2D eigenvalue weighted by atomic mass is 16.5. The fourth-order valence-corrected chi connectivity index (χ4v) is 2.96. The van der Waals surface area contributed by atoms with Crippen LogP contribution in [0.3, 0.4) is 0 Å². The Bertz CT molecular complexity index is 895. The lowest BCUT2D eigenvalue weighted by molar-refractivity contribution is -0.149. The summed E-state index contributed by atoms with van der Waals surface area (Å²) in [7, 11) is 0. The summed E-state index contributed by atoms with van der Waals surface area (Å²) in [6.07, 6.45) is 1.28. The summed E-state index contributed by atoms with van der Waals surface area (Å²) in [6.45, 7) is 5.04. The molecule has 29 heavy (non-hydrogen) atoms. The monoisotopic (exact) mass is 400 g/mol. The molecule has 1 aromatic heterocycles. The van der Waals surface area contributed by atoms with Gasteiger partial charge in [0, 0.05) is 5.56 Å². The lowest BCUT2D eigenvalue weighted by Crippen LogP contribution is -2.44. The number of nitrogens with one attached hydrogen (secondary N) is 1. The van der Waals surface area contributed by atoms with Crippen LogP contribution in [-0.4, -0.2) is 45.1 Å². The Kier molecular flexibility index (Phi) is 5.95. The number of carbonyl (C=O) groups is 3. The zero-order valence-electron chi connectivity index (χ0n) is 16.7. The molecular weight excluding hydrogens is 376 g/mol. The van der Waals surface area contributed by atoms with Gasteiger partial charge in [0.2, 0.25) is 5.89 Å². The van der Waals surface area contributed by atoms with E-state index in [9.17, 15) is 14.4 Å². The fourth-order valence-electron chi connectivity index (χ4n) is 2.96. The maximum Gasteiger partial charge on any atom is 0.326 e. The third-order valence-corrected chi connectivity index (χ3v) is 4.70. The second-order valence-electron chi connectivity index (χ2n) is 7.61. The summed E-state index contributed by atoms with van der Waals surface area (Å²) in [5, 5.41) is 10.4. The Labute approximate surface area is 168 Å². The molecule has 2 aromatic rings. The maximum atomic E-state index is 12.6. The molecule has 9 nitrogen and oxygen atoms in total. The SMILES string of the molecule is CC(C)CC[C@@]1(C)NC(=O)N(CC(=O)OCc2nnc(-c3ccccc3)o2)C1=O. The molecule has 0 spiro atoms. The van der Waals surface area contributed by atoms with Crippen LogP contribution in [0.4, 0.5) is 4.79 Å². The van der Waals surface area contributed by atoms with Gasteiger partial charge < -0.3 is 14.5 Å². The van der Waals surface area contributed by atoms with Gasteiger partial charge in [-0.2, -0.15) is 0 Å². The van der Waals surface area contributed by atoms with Crippen molar-refractivity contribution in [3.63, 3.8) is 0 Å². The Balaban J connectivity index is 1.54. The Morgan fingerprint density at radius 1 is 1.24 bits per heavy atom. The molecule has 0 radical (unpaired) electrons. The van der Waals surface area contributed by atoms with Crippen molar-refractivity contribution in [3.05, 3.63) is 36.2 Å². The van der Waals surface area contributed by atoms with E-state index >= 15 is 0 Å². The molecule has 2 heterocycles. The van der Waals surface area contributed by atoms with Crippen molar-refractivity contribution in [2.45, 2.75) is 45.8 Å². The van der Waals surface area contributed by atoms with Crippen LogP contribution >= 0.6 is 0 Å². The second kappa shape index (κ2) is 8.42. The summed E-state index contributed by atoms with van der Waals surface area (Å²) in [5.74, 6) is -0.334. The summed E-state index contributed by atoms with van der Waals surface area (Å²) in [6, 6.07) is 8.58. The van der Waals surface area contributed by atoms with Crippen LogP contribution in [0.5, 0.6) is 0 Å². The summed E-state index contributed by atoms with van der Waals surface area (Å²) >= 11 is 0. The predicted molar refractivity (Wildman–Crippen MR) is 102 cm³/mol. The molecule has 0 unspecified atom stereocenters. The normalized spacial score (nSPS) is 19.0. The maximum absolute atomic E-state index is 12.6. The first-order valence-corrected chi connectivity index (χ1v) is 9.46. The van der Waals surface area contributed by atoms with Crippen molar-refractivity contribution in [3.8, 4) is 11.5 Å². The Morgan fingerprint density at radius 2 is 1.97 bits per heavy atom. The van der Waals surface area contributed by atoms with Gasteiger partial charge in [-0.3, -0.25) is 14.5 Å². The molecule has 1 aliphatic rings. The minimum Gasteiger partial charge on any atom is -0.454 e. The highest BCUT2D eigenvalue weighted by Gasteiger charge is 2.48. The number of imide groups is 1. The Morgan fingerprint density at radius 3 is 2.66 bits per heavy atom. The highest BCUT2D eigenvalue weighted by Crippen LogP contribution is 2.24. The van der Waals surface area contributed by atoms with Crippen LogP contribution in [0.15, 0.2) is 34.7 Å². The molecular formula is C20H24N4O5. The van der Waals surface area contributed by atoms with E-state index in [-0.39, 0.29) is 12.5 Å². The van der Waals surface area contributed by atoms with Gasteiger partial charge in [-0.15, -0.1) is 10.2 Å². The molecule has 1 saturated heterocycles. The molecule has 154 valence electrons. The van der Waals surface area contributed by atoms with Crippen LogP contribution in [0, 0.1) is 5.92 Å². The van der Waals surface area contributed by atoms with Gasteiger partial charge in [0.25, 0.3) is 11.8 Å². The lowest BCUT2D eigenvalue weighted by Gasteiger charge is -2.22. The number of urea groups is 1. The average Bonchev–Trinajstić information content (AvgIpc) is 3.25. The largest absolute Gasteiger partial charge is 0.454 e. The van der Waals surface area contributed by atoms with Crippen LogP contribution in [0.1, 0.15) is 39.5 Å². The highest BCUT2D eigenvalue weighted by molar-refractivity contribution is 6.08. The number of ether oxygens (including phenoxy) is 1. The predicted octanol–water partition coefficient (Wildman–Crippen LogP) is 2.53. The number of hydrogen-bond donors (Lipinski definition) is 1. The second-order valence-corrected chi connectivity index (χ2v) is 7.61. The van der Waals surface area contributed by atoms with Crippen molar-refractivity contribution in [1.82, 2.24) is 20.4 Å². The Hall–Kier alpha value is -3.23. The van der Waals surface area contributed by atoms with Crippen LogP contribution in [0.25, 0.3) is 11.5 Å². The minimum absolute atomic E-state index is 0.121. The number of esters is 1. The summed E-state index contributed by atoms with van der Waals surface area (Å²) in [5.41, 5.74) is -0.254. The third-order valence-electron chi connectivity index (χ3n) is 4.70. The van der Waals surface area contributed by atoms with Gasteiger partial charge >= 0.3 is 12.0 Å². The lowest BCUT2D eigenvalue weighted by atomic mass is 9.92. The van der Waals surface area contributed by atoms with E-state index in [2.05, 4.69) is 15.5 Å². The third kappa shape index (κ3) is 4.79. The van der Waals surface area contributed by atoms with Crippen LogP contribution < -0.4 is 5.32 Å². The topological polar surface area (TPSA) is 115 Å². The van der Waals surface area contributed by atoms with Gasteiger partial charge in [-0.05, 0) is 37.8 Å². The molecule has 3 amide bonds. The standard InChI is InChI=1S/C20H24N4O5/c1-13(2)9-10-20(3)18(26)24(19(27)21-20)11-16(25)28-12-15-22-23-17(29-15)14-7-5-4-6-8-14/h4-8,13H,9-12H2,1-3H3,(H,21,27)/t20-/m1/s1. The molecule has 0 saturated carbocycles. The van der Waals surface area contributed by atoms with E-state index in [1.165, 1.54) is 0 Å². The van der Waals surface area contributed by atoms with Crippen molar-refractivity contribution >= 4 is 17.9 Å². The van der Waals surface area contributed by atoms with E-state index in [1.807, 2.05) is 44.2 Å². The van der Waals surface area contributed by atoms with Gasteiger partial charge in [0.05, 0.1) is 0 Å². The van der Waals surface area contributed by atoms with Crippen molar-refractivity contribution in [1.29, 1.82) is 0 Å². The van der Waals surface area contributed by atoms with E-state index in [0.29, 0.717) is 18.2 Å². The molecule has 1 fully saturated rings. The number of benzene rings is 1. The fraction of sp³-hybridized carbons (Fsp3) is 0.450. The molecule has 0 bridgehead atoms. The molecule has 1 N–H and O–H groups in total. The summed E-state index contributed by atoms with van der Waals surface area (Å²) in [4.78, 5) is 37.8. The van der Waals surface area contributed by atoms with E-state index in [4.69, 9.17) is 9.15 Å². The first-order valence-electron chi connectivity index (χ1n) is 9.46. The van der Waals surface area contributed by atoms with Gasteiger partial charge in [-0.25, -0.2) is 4.79 Å². The zero-order chi connectivity index (χ0) is 21.0. The van der Waals surface area contributed by atoms with Gasteiger partial charge in [-0.1, -0.05) is 32.0 Å². The van der Waals surface area contributed by atoms with E-state index in [1.54, 1.807) is 6.92 Å². The number of hydrogen-bond acceptors (Lipinski definition) is 7. The van der Waals surface area contributed by atoms with Crippen LogP contribution in [0.2, 0.25) is 0 Å². The van der Waals surface area contributed by atoms with Crippen molar-refractivity contribution in [2.24, 2.45) is 5.92 Å². The molecule has 1 aromatic carbocycles. The molecule has 1 atom stereocenters. The molecule has 1 aliphatic heterocycles. The van der Waals surface area contributed by atoms with E-state index < -0.39 is 30.0 Å². The quantitative estimate of drug-likeness (QED) is 0.535. The number of nitrogens with zero attached hydrogens (tertiary/aromatic N) is 3. The average molecular weight is 400 g/mol. The number of rotatable bonds is 8. The minimum atomic E-state index is -1.00. The molecule has 9 heteroatoms. The smallest absolute Gasteiger partial charge is 0.326 e. The number of amides is 3. The van der Waals surface area contributed by atoms with Gasteiger partial charge in [0.15, 0.2) is 6.61 Å². The van der Waals surface area contributed by atoms with Gasteiger partial charge in [0.1, 0.15) is 12.1 Å². The first kappa shape index (κ1) is 20.5. The summed E-state index contributed by atoms with van der Waals surface area (Å²) < 4.78 is 10.6. The van der Waals surface area contributed by atoms with E-state index in [0.717, 1.165) is 16.9 Å². The zero-order valence-corrected chi connectivity index (χ0v) is 16.7. The number of aromatic nitrogens is 2. The van der Waals surface area contributed by atoms with Crippen LogP contribution in [-0.2, 0) is 20.9 Å².